The molecule has 14 heavy (non-hydrogen) atoms. The van der Waals surface area contributed by atoms with Crippen LogP contribution in [0, 0.1) is 11.8 Å². The summed E-state index contributed by atoms with van der Waals surface area (Å²) in [5.41, 5.74) is 0. The van der Waals surface area contributed by atoms with Crippen LogP contribution in [-0.4, -0.2) is 16.9 Å². The standard InChI is InChI=1S/C11H17ClO2/c1-7(13)11(8(2)14)9-5-3-4-6-10(9)12/h9-11H,3-6H2,1-2H3/t9-,10-/m1/s1. The molecule has 0 heterocycles. The first-order valence-electron chi connectivity index (χ1n) is 5.19. The molecule has 0 unspecified atom stereocenters. The lowest BCUT2D eigenvalue weighted by Crippen LogP contribution is -2.35. The Kier molecular flexibility index (Phi) is 4.11. The zero-order chi connectivity index (χ0) is 10.7. The van der Waals surface area contributed by atoms with Gasteiger partial charge in [0.15, 0.2) is 0 Å². The summed E-state index contributed by atoms with van der Waals surface area (Å²) in [6.07, 6.45) is 4.05. The molecule has 1 aliphatic carbocycles. The van der Waals surface area contributed by atoms with E-state index in [2.05, 4.69) is 0 Å². The first-order valence-corrected chi connectivity index (χ1v) is 5.62. The minimum atomic E-state index is -0.460. The van der Waals surface area contributed by atoms with Crippen LogP contribution in [-0.2, 0) is 9.59 Å². The van der Waals surface area contributed by atoms with Crippen molar-refractivity contribution in [2.75, 3.05) is 0 Å². The highest BCUT2D eigenvalue weighted by Crippen LogP contribution is 2.34. The van der Waals surface area contributed by atoms with Gasteiger partial charge in [-0.3, -0.25) is 9.59 Å². The molecule has 0 radical (unpaired) electrons. The van der Waals surface area contributed by atoms with Crippen LogP contribution in [0.2, 0.25) is 0 Å². The zero-order valence-electron chi connectivity index (χ0n) is 8.75. The summed E-state index contributed by atoms with van der Waals surface area (Å²) in [6.45, 7) is 2.98. The Balaban J connectivity index is 2.75. The summed E-state index contributed by atoms with van der Waals surface area (Å²) in [4.78, 5) is 22.7. The Hall–Kier alpha value is -0.370. The van der Waals surface area contributed by atoms with E-state index in [9.17, 15) is 9.59 Å². The van der Waals surface area contributed by atoms with Crippen LogP contribution in [0.1, 0.15) is 39.5 Å². The van der Waals surface area contributed by atoms with Gasteiger partial charge in [0.1, 0.15) is 11.6 Å². The van der Waals surface area contributed by atoms with Gasteiger partial charge in [-0.2, -0.15) is 0 Å². The lowest BCUT2D eigenvalue weighted by atomic mass is 9.76. The van der Waals surface area contributed by atoms with Gasteiger partial charge in [0.25, 0.3) is 0 Å². The molecule has 1 fully saturated rings. The number of Topliss-reactive ketones (excluding diaryl/α,β-unsaturated/α-hetero) is 2. The van der Waals surface area contributed by atoms with Gasteiger partial charge in [-0.1, -0.05) is 12.8 Å². The van der Waals surface area contributed by atoms with Gasteiger partial charge < -0.3 is 0 Å². The molecule has 2 nitrogen and oxygen atoms in total. The second kappa shape index (κ2) is 4.92. The number of hydrogen-bond acceptors (Lipinski definition) is 2. The van der Waals surface area contributed by atoms with Crippen LogP contribution >= 0.6 is 11.6 Å². The number of halogens is 1. The predicted octanol–water partition coefficient (Wildman–Crippen LogP) is 2.58. The quantitative estimate of drug-likeness (QED) is 0.537. The van der Waals surface area contributed by atoms with Gasteiger partial charge in [-0.15, -0.1) is 11.6 Å². The van der Waals surface area contributed by atoms with E-state index in [0.717, 1.165) is 25.7 Å². The minimum Gasteiger partial charge on any atom is -0.299 e. The number of alkyl halides is 1. The highest BCUT2D eigenvalue weighted by Gasteiger charge is 2.35. The van der Waals surface area contributed by atoms with Gasteiger partial charge in [0.05, 0.1) is 5.92 Å². The van der Waals surface area contributed by atoms with Crippen molar-refractivity contribution in [2.45, 2.75) is 44.9 Å². The fourth-order valence-electron chi connectivity index (χ4n) is 2.38. The molecule has 2 atom stereocenters. The van der Waals surface area contributed by atoms with Crippen LogP contribution < -0.4 is 0 Å². The maximum absolute atomic E-state index is 11.4. The van der Waals surface area contributed by atoms with Crippen molar-refractivity contribution in [3.8, 4) is 0 Å². The van der Waals surface area contributed by atoms with E-state index in [4.69, 9.17) is 11.6 Å². The summed E-state index contributed by atoms with van der Waals surface area (Å²) < 4.78 is 0. The molecular formula is C11H17ClO2. The Bertz CT molecular complexity index is 223. The van der Waals surface area contributed by atoms with E-state index in [1.54, 1.807) is 0 Å². The van der Waals surface area contributed by atoms with Gasteiger partial charge in [0.2, 0.25) is 0 Å². The second-order valence-corrected chi connectivity index (χ2v) is 4.72. The van der Waals surface area contributed by atoms with E-state index >= 15 is 0 Å². The smallest absolute Gasteiger partial charge is 0.140 e. The van der Waals surface area contributed by atoms with Crippen LogP contribution in [0.5, 0.6) is 0 Å². The Morgan fingerprint density at radius 1 is 1.14 bits per heavy atom. The van der Waals surface area contributed by atoms with Crippen molar-refractivity contribution in [2.24, 2.45) is 11.8 Å². The van der Waals surface area contributed by atoms with Crippen LogP contribution in [0.15, 0.2) is 0 Å². The highest BCUT2D eigenvalue weighted by atomic mass is 35.5. The Labute approximate surface area is 90.0 Å². The average Bonchev–Trinajstić information content (AvgIpc) is 2.07. The monoisotopic (exact) mass is 216 g/mol. The van der Waals surface area contributed by atoms with E-state index in [1.807, 2.05) is 0 Å². The van der Waals surface area contributed by atoms with Crippen molar-refractivity contribution in [3.63, 3.8) is 0 Å². The largest absolute Gasteiger partial charge is 0.299 e. The molecule has 0 aromatic rings. The number of carbonyl (C=O) groups is 2. The summed E-state index contributed by atoms with van der Waals surface area (Å²) in [7, 11) is 0. The molecule has 1 rings (SSSR count). The topological polar surface area (TPSA) is 34.1 Å². The molecule has 0 aromatic heterocycles. The van der Waals surface area contributed by atoms with E-state index in [1.165, 1.54) is 13.8 Å². The van der Waals surface area contributed by atoms with E-state index in [0.29, 0.717) is 0 Å². The minimum absolute atomic E-state index is 0.00144. The van der Waals surface area contributed by atoms with Gasteiger partial charge >= 0.3 is 0 Å². The van der Waals surface area contributed by atoms with Crippen molar-refractivity contribution >= 4 is 23.2 Å². The van der Waals surface area contributed by atoms with E-state index in [-0.39, 0.29) is 22.9 Å². The normalized spacial score (nSPS) is 27.7. The molecule has 0 aromatic carbocycles. The number of hydrogen-bond donors (Lipinski definition) is 0. The second-order valence-electron chi connectivity index (χ2n) is 4.16. The maximum atomic E-state index is 11.4. The summed E-state index contributed by atoms with van der Waals surface area (Å²) in [5.74, 6) is -0.455. The Morgan fingerprint density at radius 3 is 2.07 bits per heavy atom. The van der Waals surface area contributed by atoms with Crippen molar-refractivity contribution in [1.82, 2.24) is 0 Å². The lowest BCUT2D eigenvalue weighted by Gasteiger charge is -2.31. The highest BCUT2D eigenvalue weighted by molar-refractivity contribution is 6.21. The summed E-state index contributed by atoms with van der Waals surface area (Å²) in [6, 6.07) is 0. The lowest BCUT2D eigenvalue weighted by molar-refractivity contribution is -0.133. The number of ketones is 2. The molecule has 0 amide bonds. The molecule has 1 saturated carbocycles. The predicted molar refractivity (Wildman–Crippen MR) is 56.5 cm³/mol. The third-order valence-electron chi connectivity index (χ3n) is 3.04. The van der Waals surface area contributed by atoms with Gasteiger partial charge in [0, 0.05) is 5.38 Å². The van der Waals surface area contributed by atoms with Crippen LogP contribution in [0.3, 0.4) is 0 Å². The summed E-state index contributed by atoms with van der Waals surface area (Å²) >= 11 is 6.16. The Morgan fingerprint density at radius 2 is 1.64 bits per heavy atom. The van der Waals surface area contributed by atoms with E-state index < -0.39 is 5.92 Å². The number of rotatable bonds is 3. The molecule has 1 aliphatic rings. The fraction of sp³-hybridized carbons (Fsp3) is 0.818. The molecule has 0 aliphatic heterocycles. The SMILES string of the molecule is CC(=O)C(C(C)=O)[C@@H]1CCCC[C@H]1Cl. The van der Waals surface area contributed by atoms with Crippen molar-refractivity contribution in [3.05, 3.63) is 0 Å². The molecule has 0 saturated heterocycles. The van der Waals surface area contributed by atoms with Crippen molar-refractivity contribution < 1.29 is 9.59 Å². The number of carbonyl (C=O) groups excluding carboxylic acids is 2. The zero-order valence-corrected chi connectivity index (χ0v) is 9.51. The third-order valence-corrected chi connectivity index (χ3v) is 3.58. The van der Waals surface area contributed by atoms with Crippen molar-refractivity contribution in [1.29, 1.82) is 0 Å². The molecule has 80 valence electrons. The van der Waals surface area contributed by atoms with Crippen LogP contribution in [0.25, 0.3) is 0 Å². The molecule has 0 N–H and O–H groups in total. The first-order chi connectivity index (χ1) is 6.54. The molecule has 0 bridgehead atoms. The summed E-state index contributed by atoms with van der Waals surface area (Å²) in [5, 5.41) is 0.00144. The average molecular weight is 217 g/mol. The first kappa shape index (κ1) is 11.7. The van der Waals surface area contributed by atoms with Crippen LogP contribution in [0.4, 0.5) is 0 Å². The molecular weight excluding hydrogens is 200 g/mol. The third kappa shape index (κ3) is 2.57. The van der Waals surface area contributed by atoms with Gasteiger partial charge in [-0.25, -0.2) is 0 Å². The molecule has 3 heteroatoms. The van der Waals surface area contributed by atoms with Gasteiger partial charge in [-0.05, 0) is 32.6 Å². The maximum Gasteiger partial charge on any atom is 0.140 e. The fourth-order valence-corrected chi connectivity index (χ4v) is 2.80. The molecule has 0 spiro atoms.